The van der Waals surface area contributed by atoms with Crippen molar-refractivity contribution in [1.29, 1.82) is 0 Å². The fourth-order valence-corrected chi connectivity index (χ4v) is 3.59. The Hall–Kier alpha value is -1.56. The highest BCUT2D eigenvalue weighted by Gasteiger charge is 2.19. The number of guanidine groups is 1. The molecule has 148 valence electrons. The highest BCUT2D eigenvalue weighted by atomic mass is 16.5. The highest BCUT2D eigenvalue weighted by Crippen LogP contribution is 2.22. The van der Waals surface area contributed by atoms with Gasteiger partial charge in [-0.05, 0) is 45.6 Å². The minimum Gasteiger partial charge on any atom is -0.359 e. The maximum Gasteiger partial charge on any atom is 0.191 e. The van der Waals surface area contributed by atoms with E-state index >= 15 is 0 Å². The Morgan fingerprint density at radius 1 is 1.27 bits per heavy atom. The molecule has 0 bridgehead atoms. The van der Waals surface area contributed by atoms with Crippen LogP contribution in [0.5, 0.6) is 0 Å². The van der Waals surface area contributed by atoms with E-state index in [1.165, 1.54) is 38.9 Å². The molecule has 1 aliphatic heterocycles. The summed E-state index contributed by atoms with van der Waals surface area (Å²) in [7, 11) is 0. The average Bonchev–Trinajstić information content (AvgIpc) is 3.11. The number of aromatic nitrogens is 1. The van der Waals surface area contributed by atoms with Gasteiger partial charge >= 0.3 is 0 Å². The summed E-state index contributed by atoms with van der Waals surface area (Å²) in [6.07, 6.45) is 5.76. The number of hydrogen-bond acceptors (Lipinski definition) is 4. The van der Waals surface area contributed by atoms with E-state index in [4.69, 9.17) is 9.52 Å². The summed E-state index contributed by atoms with van der Waals surface area (Å²) in [5.74, 6) is 2.19. The molecule has 2 N–H and O–H groups in total. The molecule has 0 radical (unpaired) electrons. The van der Waals surface area contributed by atoms with Crippen molar-refractivity contribution >= 4 is 5.96 Å². The molecule has 0 spiro atoms. The molecule has 26 heavy (non-hydrogen) atoms. The second-order valence-corrected chi connectivity index (χ2v) is 7.19. The summed E-state index contributed by atoms with van der Waals surface area (Å²) in [6.45, 7) is 13.7. The van der Waals surface area contributed by atoms with Gasteiger partial charge in [0.05, 0.1) is 5.69 Å². The first kappa shape index (κ1) is 20.7. The minimum absolute atomic E-state index is 0.483. The molecule has 2 heterocycles. The zero-order valence-corrected chi connectivity index (χ0v) is 17.1. The quantitative estimate of drug-likeness (QED) is 0.519. The Bertz CT molecular complexity index is 530. The van der Waals surface area contributed by atoms with E-state index in [1.54, 1.807) is 0 Å². The van der Waals surface area contributed by atoms with Gasteiger partial charge in [0.1, 0.15) is 6.54 Å². The molecule has 0 atom stereocenters. The lowest BCUT2D eigenvalue weighted by molar-refractivity contribution is 0.206. The van der Waals surface area contributed by atoms with E-state index in [-0.39, 0.29) is 0 Å². The summed E-state index contributed by atoms with van der Waals surface area (Å²) >= 11 is 0. The molecule has 6 nitrogen and oxygen atoms in total. The topological polar surface area (TPSA) is 65.7 Å². The Morgan fingerprint density at radius 2 is 2.00 bits per heavy atom. The first-order chi connectivity index (χ1) is 12.7. The van der Waals surface area contributed by atoms with E-state index in [9.17, 15) is 0 Å². The van der Waals surface area contributed by atoms with Crippen molar-refractivity contribution in [3.05, 3.63) is 17.5 Å². The van der Waals surface area contributed by atoms with Crippen LogP contribution in [0.4, 0.5) is 0 Å². The molecule has 0 aliphatic carbocycles. The van der Waals surface area contributed by atoms with Crippen LogP contribution in [0.15, 0.2) is 15.6 Å². The lowest BCUT2D eigenvalue weighted by Gasteiger charge is -2.32. The molecule has 0 amide bonds. The number of hydrogen-bond donors (Lipinski definition) is 2. The first-order valence-corrected chi connectivity index (χ1v) is 10.4. The second-order valence-electron chi connectivity index (χ2n) is 7.19. The number of nitrogens with one attached hydrogen (secondary N) is 2. The lowest BCUT2D eigenvalue weighted by Crippen LogP contribution is -2.48. The number of likely N-dealkylation sites (tertiary alicyclic amines) is 1. The molecule has 2 rings (SSSR count). The van der Waals surface area contributed by atoms with Crippen molar-refractivity contribution in [2.24, 2.45) is 4.99 Å². The van der Waals surface area contributed by atoms with Gasteiger partial charge in [0.2, 0.25) is 0 Å². The summed E-state index contributed by atoms with van der Waals surface area (Å²) in [5.41, 5.74) is 1.06. The summed E-state index contributed by atoms with van der Waals surface area (Å²) < 4.78 is 5.49. The number of nitrogens with zero attached hydrogens (tertiary/aromatic N) is 3. The number of rotatable bonds is 9. The summed E-state index contributed by atoms with van der Waals surface area (Å²) in [5, 5.41) is 11.2. The Labute approximate surface area is 158 Å². The van der Waals surface area contributed by atoms with Crippen molar-refractivity contribution in [2.45, 2.75) is 78.3 Å². The van der Waals surface area contributed by atoms with Gasteiger partial charge < -0.3 is 20.1 Å². The van der Waals surface area contributed by atoms with E-state index < -0.39 is 0 Å². The molecular weight excluding hydrogens is 326 g/mol. The van der Waals surface area contributed by atoms with Crippen LogP contribution < -0.4 is 10.6 Å². The Morgan fingerprint density at radius 3 is 2.62 bits per heavy atom. The SMILES string of the molecule is CCCN1CCC(NC(=NCc2cc(C(CC)CC)no2)NCC)CC1. The van der Waals surface area contributed by atoms with Crippen molar-refractivity contribution in [1.82, 2.24) is 20.7 Å². The monoisotopic (exact) mass is 363 g/mol. The second kappa shape index (κ2) is 11.2. The van der Waals surface area contributed by atoms with Gasteiger partial charge in [-0.15, -0.1) is 0 Å². The number of aliphatic imine (C=N–C) groups is 1. The molecule has 1 saturated heterocycles. The van der Waals surface area contributed by atoms with Gasteiger partial charge in [-0.3, -0.25) is 0 Å². The third-order valence-electron chi connectivity index (χ3n) is 5.19. The van der Waals surface area contributed by atoms with Gasteiger partial charge in [-0.25, -0.2) is 4.99 Å². The predicted octanol–water partition coefficient (Wildman–Crippen LogP) is 3.51. The maximum atomic E-state index is 5.49. The fourth-order valence-electron chi connectivity index (χ4n) is 3.59. The largest absolute Gasteiger partial charge is 0.359 e. The normalized spacial score (nSPS) is 17.0. The maximum absolute atomic E-state index is 5.49. The van der Waals surface area contributed by atoms with Gasteiger partial charge in [0, 0.05) is 37.7 Å². The van der Waals surface area contributed by atoms with Crippen LogP contribution in [0.25, 0.3) is 0 Å². The van der Waals surface area contributed by atoms with E-state index in [0.717, 1.165) is 36.8 Å². The molecule has 1 aliphatic rings. The minimum atomic E-state index is 0.483. The van der Waals surface area contributed by atoms with Crippen LogP contribution in [-0.2, 0) is 6.54 Å². The van der Waals surface area contributed by atoms with Crippen LogP contribution in [0.3, 0.4) is 0 Å². The number of piperidine rings is 1. The molecule has 0 saturated carbocycles. The molecule has 0 unspecified atom stereocenters. The van der Waals surface area contributed by atoms with Crippen molar-refractivity contribution in [2.75, 3.05) is 26.2 Å². The highest BCUT2D eigenvalue weighted by molar-refractivity contribution is 5.80. The fraction of sp³-hybridized carbons (Fsp3) is 0.800. The zero-order chi connectivity index (χ0) is 18.8. The van der Waals surface area contributed by atoms with Gasteiger partial charge in [-0.2, -0.15) is 0 Å². The van der Waals surface area contributed by atoms with Crippen LogP contribution in [-0.4, -0.2) is 48.2 Å². The lowest BCUT2D eigenvalue weighted by atomic mass is 9.99. The first-order valence-electron chi connectivity index (χ1n) is 10.4. The Balaban J connectivity index is 1.88. The summed E-state index contributed by atoms with van der Waals surface area (Å²) in [6, 6.07) is 2.56. The van der Waals surface area contributed by atoms with Crippen LogP contribution in [0, 0.1) is 0 Å². The molecule has 1 fully saturated rings. The third kappa shape index (κ3) is 6.31. The molecule has 1 aromatic rings. The van der Waals surface area contributed by atoms with Crippen molar-refractivity contribution < 1.29 is 4.52 Å². The van der Waals surface area contributed by atoms with Crippen LogP contribution in [0.1, 0.15) is 77.2 Å². The molecular formula is C20H37N5O. The average molecular weight is 364 g/mol. The van der Waals surface area contributed by atoms with Crippen molar-refractivity contribution in [3.8, 4) is 0 Å². The van der Waals surface area contributed by atoms with Gasteiger partial charge in [0.15, 0.2) is 11.7 Å². The summed E-state index contributed by atoms with van der Waals surface area (Å²) in [4.78, 5) is 7.26. The zero-order valence-electron chi connectivity index (χ0n) is 17.1. The predicted molar refractivity (Wildman–Crippen MR) is 108 cm³/mol. The van der Waals surface area contributed by atoms with Crippen molar-refractivity contribution in [3.63, 3.8) is 0 Å². The van der Waals surface area contributed by atoms with E-state index in [1.807, 2.05) is 0 Å². The standard InChI is InChI=1S/C20H37N5O/c1-5-11-25-12-9-17(10-13-25)23-20(21-8-4)22-15-18-14-19(24-26-18)16(6-2)7-3/h14,16-17H,5-13,15H2,1-4H3,(H2,21,22,23). The molecule has 0 aromatic carbocycles. The van der Waals surface area contributed by atoms with Gasteiger partial charge in [-0.1, -0.05) is 25.9 Å². The van der Waals surface area contributed by atoms with Crippen LogP contribution >= 0.6 is 0 Å². The Kier molecular flexibility index (Phi) is 8.95. The third-order valence-corrected chi connectivity index (χ3v) is 5.19. The van der Waals surface area contributed by atoms with E-state index in [2.05, 4.69) is 54.5 Å². The van der Waals surface area contributed by atoms with Gasteiger partial charge in [0.25, 0.3) is 0 Å². The van der Waals surface area contributed by atoms with E-state index in [0.29, 0.717) is 18.5 Å². The van der Waals surface area contributed by atoms with Crippen LogP contribution in [0.2, 0.25) is 0 Å². The molecule has 6 heteroatoms. The molecule has 1 aromatic heterocycles. The smallest absolute Gasteiger partial charge is 0.191 e.